The fraction of sp³-hybridized carbons (Fsp3) is 0.526. The van der Waals surface area contributed by atoms with Crippen molar-refractivity contribution in [2.75, 3.05) is 18.8 Å². The van der Waals surface area contributed by atoms with Crippen molar-refractivity contribution < 1.29 is 9.53 Å². The minimum atomic E-state index is 0.186. The smallest absolute Gasteiger partial charge is 0.233 e. The summed E-state index contributed by atoms with van der Waals surface area (Å²) in [7, 11) is 0. The average molecular weight is 375 g/mol. The number of thioether (sulfide) groups is 1. The first-order valence-electron chi connectivity index (χ1n) is 9.11. The molecule has 0 spiro atoms. The van der Waals surface area contributed by atoms with E-state index in [2.05, 4.69) is 37.0 Å². The summed E-state index contributed by atoms with van der Waals surface area (Å²) in [4.78, 5) is 14.2. The van der Waals surface area contributed by atoms with E-state index in [9.17, 15) is 4.79 Å². The number of ether oxygens (including phenoxy) is 1. The first-order chi connectivity index (χ1) is 12.6. The molecule has 0 unspecified atom stereocenters. The Labute approximate surface area is 158 Å². The summed E-state index contributed by atoms with van der Waals surface area (Å²) in [6.45, 7) is 9.06. The molecular weight excluding hydrogens is 348 g/mol. The summed E-state index contributed by atoms with van der Waals surface area (Å²) in [6, 6.07) is 6.04. The van der Waals surface area contributed by atoms with Crippen LogP contribution < -0.4 is 4.74 Å². The number of hydrogen-bond donors (Lipinski definition) is 0. The molecular formula is C19H26N4O2S. The van der Waals surface area contributed by atoms with Crippen LogP contribution >= 0.6 is 11.8 Å². The molecule has 7 heteroatoms. The van der Waals surface area contributed by atoms with Crippen LogP contribution in [0.15, 0.2) is 23.4 Å². The molecule has 1 amide bonds. The van der Waals surface area contributed by atoms with Gasteiger partial charge in [-0.1, -0.05) is 23.9 Å². The second-order valence-corrected chi connectivity index (χ2v) is 7.45. The lowest BCUT2D eigenvalue weighted by molar-refractivity contribution is -0.127. The van der Waals surface area contributed by atoms with Crippen LogP contribution in [0, 0.1) is 13.8 Å². The van der Waals surface area contributed by atoms with E-state index in [0.29, 0.717) is 12.4 Å². The van der Waals surface area contributed by atoms with E-state index in [0.717, 1.165) is 54.8 Å². The molecule has 1 fully saturated rings. The molecule has 140 valence electrons. The number of hydrogen-bond acceptors (Lipinski definition) is 5. The molecule has 1 aromatic carbocycles. The van der Waals surface area contributed by atoms with Gasteiger partial charge in [-0.05, 0) is 50.8 Å². The van der Waals surface area contributed by atoms with E-state index < -0.39 is 0 Å². The molecule has 1 saturated heterocycles. The molecule has 0 saturated carbocycles. The van der Waals surface area contributed by atoms with Gasteiger partial charge in [0.15, 0.2) is 11.0 Å². The van der Waals surface area contributed by atoms with Crippen LogP contribution in [-0.4, -0.2) is 44.4 Å². The molecule has 6 nitrogen and oxygen atoms in total. The highest BCUT2D eigenvalue weighted by atomic mass is 32.2. The average Bonchev–Trinajstić information content (AvgIpc) is 3.30. The van der Waals surface area contributed by atoms with Crippen molar-refractivity contribution in [3.63, 3.8) is 0 Å². The van der Waals surface area contributed by atoms with Gasteiger partial charge in [-0.3, -0.25) is 4.79 Å². The van der Waals surface area contributed by atoms with Gasteiger partial charge in [0, 0.05) is 19.6 Å². The normalized spacial score (nSPS) is 14.0. The highest BCUT2D eigenvalue weighted by Gasteiger charge is 2.20. The second kappa shape index (κ2) is 8.58. The number of nitrogens with zero attached hydrogens (tertiary/aromatic N) is 4. The third-order valence-electron chi connectivity index (χ3n) is 4.80. The molecule has 0 radical (unpaired) electrons. The first-order valence-corrected chi connectivity index (χ1v) is 10.1. The summed E-state index contributed by atoms with van der Waals surface area (Å²) in [6.07, 6.45) is 2.23. The Morgan fingerprint density at radius 1 is 1.23 bits per heavy atom. The monoisotopic (exact) mass is 374 g/mol. The van der Waals surface area contributed by atoms with Gasteiger partial charge >= 0.3 is 0 Å². The maximum atomic E-state index is 12.2. The number of aryl methyl sites for hydroxylation is 1. The molecule has 1 aliphatic rings. The minimum Gasteiger partial charge on any atom is -0.485 e. The van der Waals surface area contributed by atoms with Crippen LogP contribution in [-0.2, 0) is 17.9 Å². The standard InChI is InChI=1S/C19H26N4O2S/c1-4-23-17(12-25-16-9-7-8-14(2)15(16)3)20-21-19(23)26-13-18(24)22-10-5-6-11-22/h7-9H,4-6,10-13H2,1-3H3. The number of carbonyl (C=O) groups is 1. The topological polar surface area (TPSA) is 60.2 Å². The lowest BCUT2D eigenvalue weighted by Crippen LogP contribution is -2.29. The molecule has 2 heterocycles. The highest BCUT2D eigenvalue weighted by molar-refractivity contribution is 7.99. The Balaban J connectivity index is 1.62. The second-order valence-electron chi connectivity index (χ2n) is 6.51. The van der Waals surface area contributed by atoms with Crippen molar-refractivity contribution in [2.45, 2.75) is 51.9 Å². The van der Waals surface area contributed by atoms with Crippen LogP contribution in [0.4, 0.5) is 0 Å². The summed E-state index contributed by atoms with van der Waals surface area (Å²) in [5.41, 5.74) is 2.34. The summed E-state index contributed by atoms with van der Waals surface area (Å²) in [5, 5.41) is 9.31. The number of amides is 1. The van der Waals surface area contributed by atoms with Gasteiger partial charge in [0.2, 0.25) is 5.91 Å². The Morgan fingerprint density at radius 3 is 2.73 bits per heavy atom. The van der Waals surface area contributed by atoms with E-state index in [1.165, 1.54) is 17.3 Å². The molecule has 26 heavy (non-hydrogen) atoms. The fourth-order valence-corrected chi connectivity index (χ4v) is 3.98. The Morgan fingerprint density at radius 2 is 2.00 bits per heavy atom. The predicted octanol–water partition coefficient (Wildman–Crippen LogP) is 3.21. The quantitative estimate of drug-likeness (QED) is 0.697. The highest BCUT2D eigenvalue weighted by Crippen LogP contribution is 2.23. The van der Waals surface area contributed by atoms with Crippen molar-refractivity contribution in [1.29, 1.82) is 0 Å². The predicted molar refractivity (Wildman–Crippen MR) is 102 cm³/mol. The van der Waals surface area contributed by atoms with Crippen LogP contribution in [0.25, 0.3) is 0 Å². The molecule has 0 bridgehead atoms. The van der Waals surface area contributed by atoms with E-state index in [1.54, 1.807) is 0 Å². The van der Waals surface area contributed by atoms with Crippen molar-refractivity contribution in [2.24, 2.45) is 0 Å². The zero-order valence-corrected chi connectivity index (χ0v) is 16.5. The van der Waals surface area contributed by atoms with Gasteiger partial charge in [-0.25, -0.2) is 0 Å². The van der Waals surface area contributed by atoms with Crippen LogP contribution in [0.3, 0.4) is 0 Å². The molecule has 2 aromatic rings. The Hall–Kier alpha value is -2.02. The third kappa shape index (κ3) is 4.20. The van der Waals surface area contributed by atoms with Crippen molar-refractivity contribution in [1.82, 2.24) is 19.7 Å². The summed E-state index contributed by atoms with van der Waals surface area (Å²) < 4.78 is 7.98. The van der Waals surface area contributed by atoms with Gasteiger partial charge in [-0.2, -0.15) is 0 Å². The number of benzene rings is 1. The van der Waals surface area contributed by atoms with Gasteiger partial charge < -0.3 is 14.2 Å². The van der Waals surface area contributed by atoms with Crippen molar-refractivity contribution in [3.05, 3.63) is 35.2 Å². The summed E-state index contributed by atoms with van der Waals surface area (Å²) >= 11 is 1.46. The zero-order valence-electron chi connectivity index (χ0n) is 15.7. The maximum absolute atomic E-state index is 12.2. The third-order valence-corrected chi connectivity index (χ3v) is 5.76. The van der Waals surface area contributed by atoms with Gasteiger partial charge in [0.05, 0.1) is 5.75 Å². The molecule has 0 atom stereocenters. The Kier molecular flexibility index (Phi) is 6.19. The molecule has 1 aliphatic heterocycles. The van der Waals surface area contributed by atoms with Crippen LogP contribution in [0.5, 0.6) is 5.75 Å². The maximum Gasteiger partial charge on any atom is 0.233 e. The lowest BCUT2D eigenvalue weighted by atomic mass is 10.1. The number of aromatic nitrogens is 3. The van der Waals surface area contributed by atoms with E-state index in [-0.39, 0.29) is 5.91 Å². The zero-order chi connectivity index (χ0) is 18.5. The largest absolute Gasteiger partial charge is 0.485 e. The van der Waals surface area contributed by atoms with E-state index in [4.69, 9.17) is 4.74 Å². The number of carbonyl (C=O) groups excluding carboxylic acids is 1. The van der Waals surface area contributed by atoms with Gasteiger partial charge in [0.25, 0.3) is 0 Å². The van der Waals surface area contributed by atoms with Crippen molar-refractivity contribution >= 4 is 17.7 Å². The van der Waals surface area contributed by atoms with Gasteiger partial charge in [-0.15, -0.1) is 10.2 Å². The SMILES string of the molecule is CCn1c(COc2cccc(C)c2C)nnc1SCC(=O)N1CCCC1. The van der Waals surface area contributed by atoms with E-state index >= 15 is 0 Å². The summed E-state index contributed by atoms with van der Waals surface area (Å²) in [5.74, 6) is 2.25. The molecule has 0 N–H and O–H groups in total. The van der Waals surface area contributed by atoms with E-state index in [1.807, 2.05) is 21.6 Å². The van der Waals surface area contributed by atoms with Gasteiger partial charge in [0.1, 0.15) is 12.4 Å². The fourth-order valence-electron chi connectivity index (χ4n) is 3.06. The molecule has 1 aromatic heterocycles. The lowest BCUT2D eigenvalue weighted by Gasteiger charge is -2.15. The minimum absolute atomic E-state index is 0.186. The molecule has 3 rings (SSSR count). The van der Waals surface area contributed by atoms with Crippen LogP contribution in [0.2, 0.25) is 0 Å². The Bertz CT molecular complexity index is 769. The molecule has 0 aliphatic carbocycles. The van der Waals surface area contributed by atoms with Crippen molar-refractivity contribution in [3.8, 4) is 5.75 Å². The number of likely N-dealkylation sites (tertiary alicyclic amines) is 1. The number of rotatable bonds is 7. The van der Waals surface area contributed by atoms with Crippen LogP contribution in [0.1, 0.15) is 36.7 Å². The first kappa shape index (κ1) is 18.8.